The fraction of sp³-hybridized carbons (Fsp3) is 0.300. The van der Waals surface area contributed by atoms with Crippen molar-refractivity contribution in [1.82, 2.24) is 0 Å². The number of carbonyl (C=O) groups is 2. The first-order valence-corrected chi connectivity index (χ1v) is 8.33. The lowest BCUT2D eigenvalue weighted by Gasteiger charge is -2.32. The molecule has 130 valence electrons. The van der Waals surface area contributed by atoms with Gasteiger partial charge in [0.15, 0.2) is 6.10 Å². The topological polar surface area (TPSA) is 55.8 Å². The van der Waals surface area contributed by atoms with Crippen molar-refractivity contribution >= 4 is 17.6 Å². The molecule has 1 heterocycles. The van der Waals surface area contributed by atoms with E-state index in [9.17, 15) is 9.59 Å². The van der Waals surface area contributed by atoms with Gasteiger partial charge in [0.1, 0.15) is 12.4 Å². The molecule has 2 aromatic carbocycles. The Labute approximate surface area is 147 Å². The first kappa shape index (κ1) is 17.0. The number of rotatable bonds is 5. The number of carbonyl (C=O) groups excluding carboxylic acids is 2. The van der Waals surface area contributed by atoms with E-state index in [0.29, 0.717) is 11.4 Å². The van der Waals surface area contributed by atoms with Gasteiger partial charge in [-0.2, -0.15) is 0 Å². The van der Waals surface area contributed by atoms with E-state index < -0.39 is 6.10 Å². The maximum Gasteiger partial charge on any atom is 0.307 e. The van der Waals surface area contributed by atoms with Crippen LogP contribution in [0.2, 0.25) is 0 Å². The molecule has 1 aliphatic heterocycles. The largest absolute Gasteiger partial charge is 0.479 e. The molecule has 1 aliphatic rings. The van der Waals surface area contributed by atoms with Crippen molar-refractivity contribution in [2.75, 3.05) is 11.4 Å². The predicted molar refractivity (Wildman–Crippen MR) is 94.5 cm³/mol. The van der Waals surface area contributed by atoms with Crippen LogP contribution in [0, 0.1) is 6.92 Å². The van der Waals surface area contributed by atoms with Crippen molar-refractivity contribution in [3.63, 3.8) is 0 Å². The summed E-state index contributed by atoms with van der Waals surface area (Å²) in [5, 5.41) is 0. The normalized spacial score (nSPS) is 16.2. The van der Waals surface area contributed by atoms with Gasteiger partial charge in [0.25, 0.3) is 5.91 Å². The summed E-state index contributed by atoms with van der Waals surface area (Å²) < 4.78 is 10.9. The third-order valence-corrected chi connectivity index (χ3v) is 4.26. The quantitative estimate of drug-likeness (QED) is 0.785. The molecule has 1 amide bonds. The summed E-state index contributed by atoms with van der Waals surface area (Å²) in [5.41, 5.74) is 2.76. The minimum absolute atomic E-state index is 0.138. The Bertz CT molecular complexity index is 787. The van der Waals surface area contributed by atoms with Gasteiger partial charge in [-0.05, 0) is 37.1 Å². The van der Waals surface area contributed by atoms with E-state index in [2.05, 4.69) is 0 Å². The molecule has 0 radical (unpaired) electrons. The molecule has 0 saturated heterocycles. The van der Waals surface area contributed by atoms with Crippen LogP contribution in [0.5, 0.6) is 5.75 Å². The maximum atomic E-state index is 12.4. The van der Waals surface area contributed by atoms with Gasteiger partial charge in [0.2, 0.25) is 0 Å². The minimum Gasteiger partial charge on any atom is -0.479 e. The first-order chi connectivity index (χ1) is 12.1. The monoisotopic (exact) mass is 339 g/mol. The number of aryl methyl sites for hydroxylation is 1. The van der Waals surface area contributed by atoms with E-state index >= 15 is 0 Å². The number of hydrogen-bond acceptors (Lipinski definition) is 4. The SMILES string of the molecule is Cc1ccccc1COC(=O)CCN1C(=O)C(C)Oc2ccccc21. The zero-order valence-electron chi connectivity index (χ0n) is 14.4. The van der Waals surface area contributed by atoms with Gasteiger partial charge in [0.05, 0.1) is 12.1 Å². The molecule has 0 aromatic heterocycles. The molecule has 0 aliphatic carbocycles. The Morgan fingerprint density at radius 3 is 2.68 bits per heavy atom. The summed E-state index contributed by atoms with van der Waals surface area (Å²) >= 11 is 0. The number of hydrogen-bond donors (Lipinski definition) is 0. The van der Waals surface area contributed by atoms with Crippen LogP contribution < -0.4 is 9.64 Å². The Morgan fingerprint density at radius 1 is 1.16 bits per heavy atom. The zero-order chi connectivity index (χ0) is 17.8. The number of ether oxygens (including phenoxy) is 2. The van der Waals surface area contributed by atoms with Crippen LogP contribution in [0.4, 0.5) is 5.69 Å². The molecule has 2 aromatic rings. The number of benzene rings is 2. The molecular formula is C20H21NO4. The lowest BCUT2D eigenvalue weighted by Crippen LogP contribution is -2.45. The number of nitrogens with zero attached hydrogens (tertiary/aromatic N) is 1. The summed E-state index contributed by atoms with van der Waals surface area (Å²) in [6.45, 7) is 4.21. The molecule has 0 saturated carbocycles. The molecule has 0 fully saturated rings. The van der Waals surface area contributed by atoms with Crippen LogP contribution >= 0.6 is 0 Å². The Morgan fingerprint density at radius 2 is 1.88 bits per heavy atom. The second-order valence-electron chi connectivity index (χ2n) is 6.05. The highest BCUT2D eigenvalue weighted by Crippen LogP contribution is 2.33. The number of para-hydroxylation sites is 2. The van der Waals surface area contributed by atoms with Gasteiger partial charge in [-0.3, -0.25) is 9.59 Å². The van der Waals surface area contributed by atoms with Crippen molar-refractivity contribution in [2.45, 2.75) is 33.0 Å². The van der Waals surface area contributed by atoms with Crippen LogP contribution in [-0.4, -0.2) is 24.5 Å². The number of anilines is 1. The Hall–Kier alpha value is -2.82. The molecule has 0 N–H and O–H groups in total. The van der Waals surface area contributed by atoms with Crippen molar-refractivity contribution < 1.29 is 19.1 Å². The van der Waals surface area contributed by atoms with E-state index in [1.54, 1.807) is 11.8 Å². The second kappa shape index (κ2) is 7.38. The highest BCUT2D eigenvalue weighted by atomic mass is 16.5. The van der Waals surface area contributed by atoms with Gasteiger partial charge in [-0.15, -0.1) is 0 Å². The third kappa shape index (κ3) is 3.82. The van der Waals surface area contributed by atoms with Gasteiger partial charge in [-0.25, -0.2) is 0 Å². The van der Waals surface area contributed by atoms with E-state index in [1.807, 2.05) is 55.5 Å². The predicted octanol–water partition coefficient (Wildman–Crippen LogP) is 3.24. The molecule has 1 unspecified atom stereocenters. The highest BCUT2D eigenvalue weighted by molar-refractivity contribution is 6.00. The number of esters is 1. The summed E-state index contributed by atoms with van der Waals surface area (Å²) in [5.74, 6) is 0.181. The Kier molecular flexibility index (Phi) is 5.03. The van der Waals surface area contributed by atoms with E-state index in [0.717, 1.165) is 11.1 Å². The van der Waals surface area contributed by atoms with E-state index in [-0.39, 0.29) is 31.4 Å². The maximum absolute atomic E-state index is 12.4. The fourth-order valence-electron chi connectivity index (χ4n) is 2.80. The van der Waals surface area contributed by atoms with Crippen LogP contribution in [0.3, 0.4) is 0 Å². The van der Waals surface area contributed by atoms with E-state index in [1.165, 1.54) is 0 Å². The molecule has 0 bridgehead atoms. The molecule has 25 heavy (non-hydrogen) atoms. The summed E-state index contributed by atoms with van der Waals surface area (Å²) in [7, 11) is 0. The van der Waals surface area contributed by atoms with E-state index in [4.69, 9.17) is 9.47 Å². The van der Waals surface area contributed by atoms with Crippen LogP contribution in [-0.2, 0) is 20.9 Å². The second-order valence-corrected chi connectivity index (χ2v) is 6.05. The smallest absolute Gasteiger partial charge is 0.307 e. The molecule has 5 nitrogen and oxygen atoms in total. The number of amides is 1. The van der Waals surface area contributed by atoms with Crippen LogP contribution in [0.15, 0.2) is 48.5 Å². The van der Waals surface area contributed by atoms with Crippen molar-refractivity contribution in [3.8, 4) is 5.75 Å². The van der Waals surface area contributed by atoms with Crippen molar-refractivity contribution in [3.05, 3.63) is 59.7 Å². The Balaban J connectivity index is 1.60. The van der Waals surface area contributed by atoms with Gasteiger partial charge < -0.3 is 14.4 Å². The van der Waals surface area contributed by atoms with Crippen molar-refractivity contribution in [1.29, 1.82) is 0 Å². The molecule has 1 atom stereocenters. The lowest BCUT2D eigenvalue weighted by molar-refractivity contribution is -0.144. The third-order valence-electron chi connectivity index (χ3n) is 4.26. The van der Waals surface area contributed by atoms with Gasteiger partial charge in [-0.1, -0.05) is 36.4 Å². The highest BCUT2D eigenvalue weighted by Gasteiger charge is 2.31. The summed E-state index contributed by atoms with van der Waals surface area (Å²) in [6, 6.07) is 15.1. The summed E-state index contributed by atoms with van der Waals surface area (Å²) in [4.78, 5) is 26.0. The molecule has 5 heteroatoms. The zero-order valence-corrected chi connectivity index (χ0v) is 14.4. The number of fused-ring (bicyclic) bond motifs is 1. The fourth-order valence-corrected chi connectivity index (χ4v) is 2.80. The first-order valence-electron chi connectivity index (χ1n) is 8.33. The van der Waals surface area contributed by atoms with Gasteiger partial charge in [0, 0.05) is 6.54 Å². The molecule has 3 rings (SSSR count). The van der Waals surface area contributed by atoms with Gasteiger partial charge >= 0.3 is 5.97 Å². The average Bonchev–Trinajstić information content (AvgIpc) is 2.61. The standard InChI is InChI=1S/C20H21NO4/c1-14-7-3-4-8-16(14)13-24-19(22)11-12-21-17-9-5-6-10-18(17)25-15(2)20(21)23/h3-10,15H,11-13H2,1-2H3. The molecule has 0 spiro atoms. The minimum atomic E-state index is -0.558. The lowest BCUT2D eigenvalue weighted by atomic mass is 10.1. The summed E-state index contributed by atoms with van der Waals surface area (Å²) in [6.07, 6.45) is -0.420. The average molecular weight is 339 g/mol. The van der Waals surface area contributed by atoms with Crippen molar-refractivity contribution in [2.24, 2.45) is 0 Å². The van der Waals surface area contributed by atoms with Crippen LogP contribution in [0.25, 0.3) is 0 Å². The molecular weight excluding hydrogens is 318 g/mol. The van der Waals surface area contributed by atoms with Crippen LogP contribution in [0.1, 0.15) is 24.5 Å².